The standard InChI is InChI=1S/C12H15Cl2NO2/c1-12(2,5-6-13)15-11(17)9-4-3-8(14)7-10(9)16/h3-4,7,16H,5-6H2,1-2H3,(H,15,17). The van der Waals surface area contributed by atoms with Gasteiger partial charge < -0.3 is 10.4 Å². The monoisotopic (exact) mass is 275 g/mol. The number of amides is 1. The number of alkyl halides is 1. The number of benzene rings is 1. The zero-order valence-corrected chi connectivity index (χ0v) is 11.3. The molecule has 0 fully saturated rings. The van der Waals surface area contributed by atoms with Crippen LogP contribution in [0.2, 0.25) is 5.02 Å². The minimum atomic E-state index is -0.412. The van der Waals surface area contributed by atoms with Gasteiger partial charge in [0, 0.05) is 16.4 Å². The van der Waals surface area contributed by atoms with Crippen molar-refractivity contribution in [1.82, 2.24) is 5.32 Å². The first-order valence-corrected chi connectivity index (χ1v) is 6.14. The van der Waals surface area contributed by atoms with Crippen LogP contribution in [0.25, 0.3) is 0 Å². The van der Waals surface area contributed by atoms with Gasteiger partial charge in [-0.1, -0.05) is 11.6 Å². The fraction of sp³-hybridized carbons (Fsp3) is 0.417. The van der Waals surface area contributed by atoms with Gasteiger partial charge in [0.25, 0.3) is 5.91 Å². The molecular formula is C12H15Cl2NO2. The molecule has 1 aromatic rings. The van der Waals surface area contributed by atoms with Crippen LogP contribution in [0, 0.1) is 0 Å². The second-order valence-corrected chi connectivity index (χ2v) is 5.25. The summed E-state index contributed by atoms with van der Waals surface area (Å²) in [6.07, 6.45) is 0.647. The van der Waals surface area contributed by atoms with Crippen molar-refractivity contribution in [2.45, 2.75) is 25.8 Å². The van der Waals surface area contributed by atoms with Crippen LogP contribution in [-0.4, -0.2) is 22.4 Å². The molecule has 0 aliphatic rings. The zero-order chi connectivity index (χ0) is 13.1. The highest BCUT2D eigenvalue weighted by atomic mass is 35.5. The Morgan fingerprint density at radius 3 is 2.65 bits per heavy atom. The molecule has 0 aliphatic heterocycles. The van der Waals surface area contributed by atoms with E-state index in [2.05, 4.69) is 5.32 Å². The van der Waals surface area contributed by atoms with E-state index in [1.807, 2.05) is 13.8 Å². The van der Waals surface area contributed by atoms with Gasteiger partial charge in [0.05, 0.1) is 5.56 Å². The second kappa shape index (κ2) is 5.61. The average Bonchev–Trinajstić information content (AvgIpc) is 2.15. The third-order valence-corrected chi connectivity index (χ3v) is 2.80. The van der Waals surface area contributed by atoms with Gasteiger partial charge in [-0.2, -0.15) is 0 Å². The molecule has 1 amide bonds. The van der Waals surface area contributed by atoms with Crippen LogP contribution >= 0.6 is 23.2 Å². The summed E-state index contributed by atoms with van der Waals surface area (Å²) in [5.74, 6) is -0.00849. The first kappa shape index (κ1) is 14.1. The lowest BCUT2D eigenvalue weighted by Gasteiger charge is -2.25. The normalized spacial score (nSPS) is 11.3. The Labute approximate surface area is 111 Å². The summed E-state index contributed by atoms with van der Waals surface area (Å²) in [6.45, 7) is 3.75. The molecule has 17 heavy (non-hydrogen) atoms. The van der Waals surface area contributed by atoms with Crippen molar-refractivity contribution >= 4 is 29.1 Å². The van der Waals surface area contributed by atoms with Gasteiger partial charge in [-0.05, 0) is 38.5 Å². The molecule has 0 heterocycles. The Morgan fingerprint density at radius 2 is 2.12 bits per heavy atom. The Morgan fingerprint density at radius 1 is 1.47 bits per heavy atom. The third kappa shape index (κ3) is 4.10. The summed E-state index contributed by atoms with van der Waals surface area (Å²) in [5, 5.41) is 12.8. The van der Waals surface area contributed by atoms with Gasteiger partial charge >= 0.3 is 0 Å². The molecule has 1 aromatic carbocycles. The molecule has 0 aliphatic carbocycles. The molecule has 0 bridgehead atoms. The van der Waals surface area contributed by atoms with Crippen LogP contribution in [-0.2, 0) is 0 Å². The van der Waals surface area contributed by atoms with Gasteiger partial charge in [-0.15, -0.1) is 11.6 Å². The molecule has 5 heteroatoms. The number of hydrogen-bond acceptors (Lipinski definition) is 2. The van der Waals surface area contributed by atoms with E-state index in [1.165, 1.54) is 12.1 Å². The molecule has 0 saturated heterocycles. The Kier molecular flexibility index (Phi) is 4.66. The van der Waals surface area contributed by atoms with E-state index in [1.54, 1.807) is 6.07 Å². The summed E-state index contributed by atoms with van der Waals surface area (Å²) in [4.78, 5) is 11.9. The lowest BCUT2D eigenvalue weighted by atomic mass is 10.0. The number of nitrogens with one attached hydrogen (secondary N) is 1. The number of halogens is 2. The zero-order valence-electron chi connectivity index (χ0n) is 9.76. The summed E-state index contributed by atoms with van der Waals surface area (Å²) < 4.78 is 0. The van der Waals surface area contributed by atoms with E-state index >= 15 is 0 Å². The van der Waals surface area contributed by atoms with Crippen molar-refractivity contribution in [2.24, 2.45) is 0 Å². The van der Waals surface area contributed by atoms with Gasteiger partial charge in [-0.25, -0.2) is 0 Å². The maximum atomic E-state index is 11.9. The maximum Gasteiger partial charge on any atom is 0.255 e. The first-order valence-electron chi connectivity index (χ1n) is 5.23. The van der Waals surface area contributed by atoms with E-state index in [-0.39, 0.29) is 17.2 Å². The van der Waals surface area contributed by atoms with E-state index in [4.69, 9.17) is 23.2 Å². The van der Waals surface area contributed by atoms with E-state index in [0.29, 0.717) is 17.3 Å². The number of rotatable bonds is 4. The minimum absolute atomic E-state index is 0.128. The van der Waals surface area contributed by atoms with Gasteiger partial charge in [-0.3, -0.25) is 4.79 Å². The molecule has 94 valence electrons. The van der Waals surface area contributed by atoms with Crippen molar-refractivity contribution in [3.63, 3.8) is 0 Å². The number of hydrogen-bond donors (Lipinski definition) is 2. The van der Waals surface area contributed by atoms with Crippen LogP contribution in [0.15, 0.2) is 18.2 Å². The predicted molar refractivity (Wildman–Crippen MR) is 70.0 cm³/mol. The smallest absolute Gasteiger partial charge is 0.255 e. The van der Waals surface area contributed by atoms with Crippen molar-refractivity contribution in [3.05, 3.63) is 28.8 Å². The number of carbonyl (C=O) groups is 1. The summed E-state index contributed by atoms with van der Waals surface area (Å²) in [6, 6.07) is 4.39. The van der Waals surface area contributed by atoms with E-state index in [9.17, 15) is 9.90 Å². The Balaban J connectivity index is 2.83. The number of carbonyl (C=O) groups excluding carboxylic acids is 1. The molecule has 0 spiro atoms. The second-order valence-electron chi connectivity index (χ2n) is 4.44. The van der Waals surface area contributed by atoms with Gasteiger partial charge in [0.15, 0.2) is 0 Å². The third-order valence-electron chi connectivity index (χ3n) is 2.38. The fourth-order valence-corrected chi connectivity index (χ4v) is 2.01. The van der Waals surface area contributed by atoms with E-state index in [0.717, 1.165) is 0 Å². The Hall–Kier alpha value is -0.930. The summed E-state index contributed by atoms with van der Waals surface area (Å²) in [5.41, 5.74) is -0.206. The largest absolute Gasteiger partial charge is 0.507 e. The lowest BCUT2D eigenvalue weighted by molar-refractivity contribution is 0.0909. The molecule has 1 rings (SSSR count). The first-order chi connectivity index (χ1) is 7.85. The van der Waals surface area contributed by atoms with Crippen molar-refractivity contribution < 1.29 is 9.90 Å². The lowest BCUT2D eigenvalue weighted by Crippen LogP contribution is -2.43. The highest BCUT2D eigenvalue weighted by molar-refractivity contribution is 6.30. The summed E-state index contributed by atoms with van der Waals surface area (Å²) in [7, 11) is 0. The molecule has 0 unspecified atom stereocenters. The maximum absolute atomic E-state index is 11.9. The highest BCUT2D eigenvalue weighted by Gasteiger charge is 2.22. The number of phenolic OH excluding ortho intramolecular Hbond substituents is 1. The SMILES string of the molecule is CC(C)(CCCl)NC(=O)c1ccc(Cl)cc1O. The van der Waals surface area contributed by atoms with Crippen molar-refractivity contribution in [1.29, 1.82) is 0 Å². The van der Waals surface area contributed by atoms with Crippen LogP contribution < -0.4 is 5.32 Å². The molecular weight excluding hydrogens is 261 g/mol. The molecule has 2 N–H and O–H groups in total. The number of aromatic hydroxyl groups is 1. The van der Waals surface area contributed by atoms with Crippen LogP contribution in [0.4, 0.5) is 0 Å². The van der Waals surface area contributed by atoms with Gasteiger partial charge in [0.1, 0.15) is 5.75 Å². The quantitative estimate of drug-likeness (QED) is 0.830. The van der Waals surface area contributed by atoms with Crippen molar-refractivity contribution in [3.8, 4) is 5.75 Å². The van der Waals surface area contributed by atoms with Gasteiger partial charge in [0.2, 0.25) is 0 Å². The van der Waals surface area contributed by atoms with Crippen LogP contribution in [0.3, 0.4) is 0 Å². The molecule has 0 aromatic heterocycles. The molecule has 0 atom stereocenters. The molecule has 0 saturated carbocycles. The van der Waals surface area contributed by atoms with Crippen LogP contribution in [0.5, 0.6) is 5.75 Å². The highest BCUT2D eigenvalue weighted by Crippen LogP contribution is 2.22. The van der Waals surface area contributed by atoms with E-state index < -0.39 is 5.54 Å². The molecule has 0 radical (unpaired) electrons. The topological polar surface area (TPSA) is 49.3 Å². The van der Waals surface area contributed by atoms with Crippen LogP contribution in [0.1, 0.15) is 30.6 Å². The molecule has 3 nitrogen and oxygen atoms in total. The minimum Gasteiger partial charge on any atom is -0.507 e. The number of phenols is 1. The Bertz CT molecular complexity index is 419. The fourth-order valence-electron chi connectivity index (χ4n) is 1.37. The van der Waals surface area contributed by atoms with Crippen molar-refractivity contribution in [2.75, 3.05) is 5.88 Å². The summed E-state index contributed by atoms with van der Waals surface area (Å²) >= 11 is 11.3. The predicted octanol–water partition coefficient (Wildman–Crippen LogP) is 3.18. The average molecular weight is 276 g/mol.